The molecule has 1 atom stereocenters. The van der Waals surface area contributed by atoms with Crippen LogP contribution < -0.4 is 0 Å². The van der Waals surface area contributed by atoms with Crippen LogP contribution in [0.3, 0.4) is 0 Å². The van der Waals surface area contributed by atoms with Crippen LogP contribution in [-0.4, -0.2) is 20.0 Å². The van der Waals surface area contributed by atoms with Crippen molar-refractivity contribution < 1.29 is 9.90 Å². The lowest BCUT2D eigenvalue weighted by Gasteiger charge is -2.15. The van der Waals surface area contributed by atoms with Crippen LogP contribution in [0, 0.1) is 11.3 Å². The van der Waals surface area contributed by atoms with E-state index in [0.717, 1.165) is 31.0 Å². The fourth-order valence-corrected chi connectivity index (χ4v) is 3.63. The van der Waals surface area contributed by atoms with Gasteiger partial charge in [0.15, 0.2) is 0 Å². The third-order valence-corrected chi connectivity index (χ3v) is 5.23. The molecule has 0 radical (unpaired) electrons. The Morgan fingerprint density at radius 1 is 1.09 bits per heavy atom. The molecule has 0 fully saturated rings. The maximum Gasteiger partial charge on any atom is 0.334 e. The van der Waals surface area contributed by atoms with Crippen molar-refractivity contribution in [1.82, 2.24) is 0 Å². The summed E-state index contributed by atoms with van der Waals surface area (Å²) in [6, 6.07) is 1.82. The number of carboxylic acids is 1. The molecule has 1 unspecified atom stereocenters. The molecule has 126 valence electrons. The van der Waals surface area contributed by atoms with Gasteiger partial charge in [-0.25, -0.2) is 4.79 Å². The lowest BCUT2D eigenvalue weighted by molar-refractivity contribution is -0.137. The summed E-state index contributed by atoms with van der Waals surface area (Å²) in [5, 5.41) is 18.0. The zero-order valence-corrected chi connectivity index (χ0v) is 15.5. The van der Waals surface area contributed by atoms with Crippen molar-refractivity contribution in [3.63, 3.8) is 0 Å². The molecule has 0 aliphatic rings. The summed E-state index contributed by atoms with van der Waals surface area (Å²) in [4.78, 5) is 11.0. The topological polar surface area (TPSA) is 61.1 Å². The molecule has 0 bridgehead atoms. The van der Waals surface area contributed by atoms with Gasteiger partial charge in [-0.1, -0.05) is 88.7 Å². The van der Waals surface area contributed by atoms with Crippen LogP contribution in [0.2, 0.25) is 0 Å². The fourth-order valence-electron chi connectivity index (χ4n) is 2.15. The Balaban J connectivity index is 3.58. The highest BCUT2D eigenvalue weighted by atomic mass is 32.2. The molecule has 0 heterocycles. The van der Waals surface area contributed by atoms with Crippen LogP contribution >= 0.6 is 24.0 Å². The van der Waals surface area contributed by atoms with Gasteiger partial charge in [-0.3, -0.25) is 0 Å². The van der Waals surface area contributed by atoms with Crippen molar-refractivity contribution in [3.8, 4) is 6.07 Å². The average molecular weight is 344 g/mol. The van der Waals surface area contributed by atoms with E-state index in [4.69, 9.17) is 22.6 Å². The van der Waals surface area contributed by atoms with Crippen molar-refractivity contribution in [2.45, 2.75) is 89.2 Å². The van der Waals surface area contributed by atoms with Gasteiger partial charge >= 0.3 is 5.97 Å². The minimum absolute atomic E-state index is 0.631. The molecule has 0 aromatic heterocycles. The maximum atomic E-state index is 11.0. The van der Waals surface area contributed by atoms with Gasteiger partial charge in [0.25, 0.3) is 0 Å². The zero-order valence-electron chi connectivity index (χ0n) is 13.9. The number of hydrogen-bond acceptors (Lipinski definition) is 4. The summed E-state index contributed by atoms with van der Waals surface area (Å²) in [6.07, 6.45) is 13.4. The normalized spacial score (nSPS) is 13.3. The van der Waals surface area contributed by atoms with E-state index in [0.29, 0.717) is 4.20 Å². The van der Waals surface area contributed by atoms with Crippen molar-refractivity contribution >= 4 is 34.1 Å². The van der Waals surface area contributed by atoms with Crippen LogP contribution in [0.25, 0.3) is 0 Å². The quantitative estimate of drug-likeness (QED) is 0.342. The molecule has 5 heteroatoms. The Labute approximate surface area is 144 Å². The molecule has 0 rings (SSSR count). The molecular weight excluding hydrogens is 314 g/mol. The third-order valence-electron chi connectivity index (χ3n) is 3.67. The Hall–Kier alpha value is -0.600. The lowest BCUT2D eigenvalue weighted by atomic mass is 10.1. The summed E-state index contributed by atoms with van der Waals surface area (Å²) in [7, 11) is 0. The van der Waals surface area contributed by atoms with E-state index in [1.807, 2.05) is 6.07 Å². The van der Waals surface area contributed by atoms with E-state index in [2.05, 4.69) is 6.92 Å². The van der Waals surface area contributed by atoms with E-state index in [1.54, 1.807) is 0 Å². The molecule has 0 aromatic rings. The molecule has 3 nitrogen and oxygen atoms in total. The lowest BCUT2D eigenvalue weighted by Crippen LogP contribution is -2.30. The van der Waals surface area contributed by atoms with Gasteiger partial charge in [0, 0.05) is 4.20 Å². The second-order valence-corrected chi connectivity index (χ2v) is 8.12. The minimum atomic E-state index is -1.45. The van der Waals surface area contributed by atoms with E-state index in [1.165, 1.54) is 58.3 Å². The molecule has 0 aliphatic carbocycles. The van der Waals surface area contributed by atoms with E-state index >= 15 is 0 Å². The maximum absolute atomic E-state index is 11.0. The Kier molecular flexibility index (Phi) is 12.5. The molecule has 0 amide bonds. The van der Waals surface area contributed by atoms with Crippen LogP contribution in [0.5, 0.6) is 0 Å². The SMILES string of the molecule is CCCCCCCCCCCCC(=S)SC(C)(C#N)C(=O)O. The molecule has 22 heavy (non-hydrogen) atoms. The number of carbonyl (C=O) groups is 1. The largest absolute Gasteiger partial charge is 0.479 e. The second-order valence-electron chi connectivity index (χ2n) is 5.86. The monoisotopic (exact) mass is 343 g/mol. The van der Waals surface area contributed by atoms with E-state index in [9.17, 15) is 4.79 Å². The predicted molar refractivity (Wildman–Crippen MR) is 98.3 cm³/mol. The van der Waals surface area contributed by atoms with Gasteiger partial charge < -0.3 is 5.11 Å². The van der Waals surface area contributed by atoms with Gasteiger partial charge in [0.1, 0.15) is 0 Å². The highest BCUT2D eigenvalue weighted by Gasteiger charge is 2.35. The summed E-state index contributed by atoms with van der Waals surface area (Å²) < 4.78 is -0.818. The molecule has 1 N–H and O–H groups in total. The molecule has 0 saturated carbocycles. The van der Waals surface area contributed by atoms with Crippen LogP contribution in [0.1, 0.15) is 84.5 Å². The first-order chi connectivity index (χ1) is 10.5. The number of thioether (sulfide) groups is 1. The predicted octanol–water partition coefficient (Wildman–Crippen LogP) is 5.72. The van der Waals surface area contributed by atoms with Crippen LogP contribution in [0.4, 0.5) is 0 Å². The highest BCUT2D eigenvalue weighted by molar-refractivity contribution is 8.24. The van der Waals surface area contributed by atoms with E-state index < -0.39 is 10.7 Å². The zero-order chi connectivity index (χ0) is 16.8. The first-order valence-corrected chi connectivity index (χ1v) is 9.55. The van der Waals surface area contributed by atoms with Gasteiger partial charge in [0.05, 0.1) is 6.07 Å². The van der Waals surface area contributed by atoms with Gasteiger partial charge in [-0.15, -0.1) is 0 Å². The highest BCUT2D eigenvalue weighted by Crippen LogP contribution is 2.28. The molecular formula is C17H29NO2S2. The standard InChI is InChI=1S/C17H29NO2S2/c1-3-4-5-6-7-8-9-10-11-12-13-15(21)22-17(2,14-18)16(19)20/h3-13H2,1-2H3,(H,19,20). The van der Waals surface area contributed by atoms with Crippen molar-refractivity contribution in [1.29, 1.82) is 5.26 Å². The number of aliphatic carboxylic acids is 1. The summed E-state index contributed by atoms with van der Waals surface area (Å²) in [5.74, 6) is -1.12. The fraction of sp³-hybridized carbons (Fsp3) is 0.824. The number of carboxylic acid groups (broad SMARTS) is 1. The summed E-state index contributed by atoms with van der Waals surface area (Å²) in [5.41, 5.74) is 0. The number of rotatable bonds is 13. The second kappa shape index (κ2) is 12.9. The number of thiocarbonyl (C=S) groups is 1. The van der Waals surface area contributed by atoms with Crippen LogP contribution in [-0.2, 0) is 4.79 Å². The average Bonchev–Trinajstić information content (AvgIpc) is 2.48. The molecule has 0 saturated heterocycles. The smallest absolute Gasteiger partial charge is 0.334 e. The van der Waals surface area contributed by atoms with Crippen molar-refractivity contribution in [3.05, 3.63) is 0 Å². The number of nitrogens with zero attached hydrogens (tertiary/aromatic N) is 1. The molecule has 0 spiro atoms. The summed E-state index contributed by atoms with van der Waals surface area (Å²) >= 11 is 6.20. The van der Waals surface area contributed by atoms with Gasteiger partial charge in [0.2, 0.25) is 4.75 Å². The third kappa shape index (κ3) is 10.2. The minimum Gasteiger partial charge on any atom is -0.479 e. The van der Waals surface area contributed by atoms with Gasteiger partial charge in [-0.05, 0) is 19.8 Å². The Morgan fingerprint density at radius 3 is 1.95 bits per heavy atom. The van der Waals surface area contributed by atoms with Gasteiger partial charge in [-0.2, -0.15) is 5.26 Å². The Bertz CT molecular complexity index is 379. The first-order valence-electron chi connectivity index (χ1n) is 8.32. The Morgan fingerprint density at radius 2 is 1.55 bits per heavy atom. The van der Waals surface area contributed by atoms with Crippen molar-refractivity contribution in [2.75, 3.05) is 0 Å². The van der Waals surface area contributed by atoms with E-state index in [-0.39, 0.29) is 0 Å². The van der Waals surface area contributed by atoms with Crippen molar-refractivity contribution in [2.24, 2.45) is 0 Å². The summed E-state index contributed by atoms with van der Waals surface area (Å²) in [6.45, 7) is 3.64. The van der Waals surface area contributed by atoms with Crippen LogP contribution in [0.15, 0.2) is 0 Å². The molecule has 0 aliphatic heterocycles. The number of unbranched alkanes of at least 4 members (excludes halogenated alkanes) is 9. The molecule has 0 aromatic carbocycles. The number of hydrogen-bond donors (Lipinski definition) is 1. The number of nitriles is 1. The first kappa shape index (κ1) is 21.4.